The van der Waals surface area contributed by atoms with E-state index < -0.39 is 0 Å². The Morgan fingerprint density at radius 2 is 2.13 bits per heavy atom. The molecule has 1 saturated carbocycles. The Kier molecular flexibility index (Phi) is 2.39. The van der Waals surface area contributed by atoms with Gasteiger partial charge in [0.15, 0.2) is 0 Å². The number of nitrogens with zero attached hydrogens (tertiary/aromatic N) is 2. The summed E-state index contributed by atoms with van der Waals surface area (Å²) >= 11 is 1.97. The van der Waals surface area contributed by atoms with Crippen molar-refractivity contribution in [2.45, 2.75) is 43.9 Å². The highest BCUT2D eigenvalue weighted by atomic mass is 32.2. The molecule has 15 heavy (non-hydrogen) atoms. The van der Waals surface area contributed by atoms with E-state index in [-0.39, 0.29) is 0 Å². The Bertz CT molecular complexity index is 366. The number of aromatic nitrogens is 2. The van der Waals surface area contributed by atoms with Crippen molar-refractivity contribution in [2.75, 3.05) is 11.5 Å². The predicted molar refractivity (Wildman–Crippen MR) is 64.0 cm³/mol. The van der Waals surface area contributed by atoms with Crippen molar-refractivity contribution in [3.63, 3.8) is 0 Å². The number of nitrogen functional groups attached to an aromatic ring is 1. The fraction of sp³-hybridized carbons (Fsp3) is 0.727. The van der Waals surface area contributed by atoms with Crippen LogP contribution in [0.2, 0.25) is 0 Å². The van der Waals surface area contributed by atoms with E-state index in [0.29, 0.717) is 6.04 Å². The van der Waals surface area contributed by atoms with Gasteiger partial charge in [-0.3, -0.25) is 0 Å². The van der Waals surface area contributed by atoms with Crippen LogP contribution in [-0.2, 0) is 12.2 Å². The molecule has 1 aromatic heterocycles. The van der Waals surface area contributed by atoms with Gasteiger partial charge in [0.25, 0.3) is 0 Å². The molecule has 0 spiro atoms. The number of rotatable bonds is 1. The molecule has 0 radical (unpaired) electrons. The molecule has 2 N–H and O–H groups in total. The number of hydrogen-bond acceptors (Lipinski definition) is 3. The van der Waals surface area contributed by atoms with Gasteiger partial charge in [-0.15, -0.1) is 0 Å². The fourth-order valence-electron chi connectivity index (χ4n) is 2.69. The van der Waals surface area contributed by atoms with Crippen molar-refractivity contribution in [3.8, 4) is 0 Å². The van der Waals surface area contributed by atoms with Crippen LogP contribution in [0.5, 0.6) is 0 Å². The summed E-state index contributed by atoms with van der Waals surface area (Å²) in [5, 5.41) is 4.70. The van der Waals surface area contributed by atoms with Crippen molar-refractivity contribution >= 4 is 17.6 Å². The van der Waals surface area contributed by atoms with Crippen LogP contribution in [0.15, 0.2) is 0 Å². The highest BCUT2D eigenvalue weighted by Crippen LogP contribution is 2.35. The van der Waals surface area contributed by atoms with E-state index in [0.717, 1.165) is 18.0 Å². The lowest BCUT2D eigenvalue weighted by Gasteiger charge is -2.12. The second-order valence-electron chi connectivity index (χ2n) is 4.50. The van der Waals surface area contributed by atoms with Gasteiger partial charge in [0.2, 0.25) is 0 Å². The highest BCUT2D eigenvalue weighted by molar-refractivity contribution is 7.98. The second kappa shape index (κ2) is 3.74. The Hall–Kier alpha value is -0.640. The van der Waals surface area contributed by atoms with Gasteiger partial charge in [-0.2, -0.15) is 16.9 Å². The Balaban J connectivity index is 1.97. The molecule has 1 aliphatic carbocycles. The lowest BCUT2D eigenvalue weighted by atomic mass is 10.2. The van der Waals surface area contributed by atoms with Crippen LogP contribution >= 0.6 is 11.8 Å². The fourth-order valence-corrected chi connectivity index (χ4v) is 3.61. The van der Waals surface area contributed by atoms with Crippen LogP contribution in [0.25, 0.3) is 0 Å². The van der Waals surface area contributed by atoms with Gasteiger partial charge in [0, 0.05) is 11.3 Å². The van der Waals surface area contributed by atoms with Gasteiger partial charge in [-0.05, 0) is 25.0 Å². The summed E-state index contributed by atoms with van der Waals surface area (Å²) in [6.07, 6.45) is 6.31. The van der Waals surface area contributed by atoms with Crippen molar-refractivity contribution in [2.24, 2.45) is 0 Å². The van der Waals surface area contributed by atoms with Gasteiger partial charge in [-0.1, -0.05) is 12.8 Å². The van der Waals surface area contributed by atoms with E-state index >= 15 is 0 Å². The monoisotopic (exact) mass is 223 g/mol. The van der Waals surface area contributed by atoms with Crippen LogP contribution in [-0.4, -0.2) is 15.5 Å². The Morgan fingerprint density at radius 3 is 2.87 bits per heavy atom. The zero-order valence-corrected chi connectivity index (χ0v) is 9.72. The third kappa shape index (κ3) is 1.55. The normalized spacial score (nSPS) is 21.9. The average Bonchev–Trinajstić information content (AvgIpc) is 2.87. The maximum absolute atomic E-state index is 6.20. The quantitative estimate of drug-likeness (QED) is 0.795. The average molecular weight is 223 g/mol. The second-order valence-corrected chi connectivity index (χ2v) is 5.60. The number of anilines is 1. The van der Waals surface area contributed by atoms with E-state index in [1.54, 1.807) is 0 Å². The molecular weight excluding hydrogens is 206 g/mol. The van der Waals surface area contributed by atoms with Gasteiger partial charge in [0.1, 0.15) is 5.82 Å². The summed E-state index contributed by atoms with van der Waals surface area (Å²) in [4.78, 5) is 0. The Labute approximate surface area is 94.4 Å². The molecule has 2 heterocycles. The Morgan fingerprint density at radius 1 is 1.33 bits per heavy atom. The SMILES string of the molecule is Nc1c2c(nn1C1CCCC1)CSCC2. The molecule has 0 saturated heterocycles. The molecule has 0 amide bonds. The van der Waals surface area contributed by atoms with Crippen LogP contribution in [0.1, 0.15) is 43.0 Å². The lowest BCUT2D eigenvalue weighted by Crippen LogP contribution is -2.10. The molecule has 0 aromatic carbocycles. The molecule has 82 valence electrons. The standard InChI is InChI=1S/C11H17N3S/c12-11-9-5-6-15-7-10(9)13-14(11)8-3-1-2-4-8/h8H,1-7,12H2. The van der Waals surface area contributed by atoms with Crippen molar-refractivity contribution in [1.82, 2.24) is 9.78 Å². The number of hydrogen-bond donors (Lipinski definition) is 1. The van der Waals surface area contributed by atoms with Crippen LogP contribution in [0.3, 0.4) is 0 Å². The van der Waals surface area contributed by atoms with Crippen LogP contribution in [0, 0.1) is 0 Å². The minimum atomic E-state index is 0.584. The summed E-state index contributed by atoms with van der Waals surface area (Å²) < 4.78 is 2.11. The van der Waals surface area contributed by atoms with Crippen LogP contribution < -0.4 is 5.73 Å². The summed E-state index contributed by atoms with van der Waals surface area (Å²) in [5.74, 6) is 3.21. The van der Waals surface area contributed by atoms with Gasteiger partial charge >= 0.3 is 0 Å². The van der Waals surface area contributed by atoms with E-state index in [1.807, 2.05) is 11.8 Å². The van der Waals surface area contributed by atoms with Crippen molar-refractivity contribution < 1.29 is 0 Å². The summed E-state index contributed by atoms with van der Waals surface area (Å²) in [7, 11) is 0. The van der Waals surface area contributed by atoms with E-state index in [4.69, 9.17) is 10.8 Å². The van der Waals surface area contributed by atoms with Crippen LogP contribution in [0.4, 0.5) is 5.82 Å². The van der Waals surface area contributed by atoms with E-state index in [9.17, 15) is 0 Å². The molecule has 1 fully saturated rings. The number of fused-ring (bicyclic) bond motifs is 1. The lowest BCUT2D eigenvalue weighted by molar-refractivity contribution is 0.471. The molecular formula is C11H17N3S. The molecule has 3 rings (SSSR count). The molecule has 1 aliphatic heterocycles. The molecule has 1 aromatic rings. The molecule has 0 unspecified atom stereocenters. The zero-order chi connectivity index (χ0) is 10.3. The van der Waals surface area contributed by atoms with Crippen molar-refractivity contribution in [1.29, 1.82) is 0 Å². The molecule has 3 nitrogen and oxygen atoms in total. The smallest absolute Gasteiger partial charge is 0.125 e. The largest absolute Gasteiger partial charge is 0.384 e. The van der Waals surface area contributed by atoms with Crippen molar-refractivity contribution in [3.05, 3.63) is 11.3 Å². The van der Waals surface area contributed by atoms with E-state index in [2.05, 4.69) is 4.68 Å². The first-order valence-electron chi connectivity index (χ1n) is 5.80. The third-order valence-electron chi connectivity index (χ3n) is 3.54. The maximum atomic E-state index is 6.20. The zero-order valence-electron chi connectivity index (χ0n) is 8.91. The molecule has 0 bridgehead atoms. The first-order chi connectivity index (χ1) is 7.36. The molecule has 0 atom stereocenters. The maximum Gasteiger partial charge on any atom is 0.125 e. The van der Waals surface area contributed by atoms with Gasteiger partial charge in [0.05, 0.1) is 11.7 Å². The molecule has 4 heteroatoms. The third-order valence-corrected chi connectivity index (χ3v) is 4.51. The highest BCUT2D eigenvalue weighted by Gasteiger charge is 2.25. The molecule has 2 aliphatic rings. The van der Waals surface area contributed by atoms with Gasteiger partial charge in [-0.25, -0.2) is 4.68 Å². The summed E-state index contributed by atoms with van der Waals surface area (Å²) in [6.45, 7) is 0. The van der Waals surface area contributed by atoms with E-state index in [1.165, 1.54) is 42.7 Å². The predicted octanol–water partition coefficient (Wildman–Crippen LogP) is 2.37. The topological polar surface area (TPSA) is 43.8 Å². The first-order valence-corrected chi connectivity index (χ1v) is 6.95. The summed E-state index contributed by atoms with van der Waals surface area (Å²) in [6, 6.07) is 0.584. The summed E-state index contributed by atoms with van der Waals surface area (Å²) in [5.41, 5.74) is 8.78. The minimum Gasteiger partial charge on any atom is -0.384 e. The number of nitrogens with two attached hydrogens (primary N) is 1. The van der Waals surface area contributed by atoms with Gasteiger partial charge < -0.3 is 5.73 Å². The first kappa shape index (κ1) is 9.58. The number of thioether (sulfide) groups is 1. The minimum absolute atomic E-state index is 0.584.